The summed E-state index contributed by atoms with van der Waals surface area (Å²) in [6.45, 7) is 0. The maximum Gasteiger partial charge on any atom is 0.317 e. The van der Waals surface area contributed by atoms with Gasteiger partial charge in [0.25, 0.3) is 0 Å². The number of benzene rings is 2. The van der Waals surface area contributed by atoms with Crippen LogP contribution in [0.25, 0.3) is 0 Å². The molecule has 7 heteroatoms. The summed E-state index contributed by atoms with van der Waals surface area (Å²) in [5.41, 5.74) is 0. The molecule has 0 spiro atoms. The summed E-state index contributed by atoms with van der Waals surface area (Å²) in [5.74, 6) is 0. The lowest BCUT2D eigenvalue weighted by atomic mass is 10.4. The molecular weight excluding hydrogens is 343 g/mol. The van der Waals surface area contributed by atoms with Crippen molar-refractivity contribution in [2.45, 2.75) is 9.79 Å². The van der Waals surface area contributed by atoms with Crippen LogP contribution in [0.3, 0.4) is 0 Å². The summed E-state index contributed by atoms with van der Waals surface area (Å²) in [6.07, 6.45) is 0. The number of halogens is 2. The van der Waals surface area contributed by atoms with Crippen molar-refractivity contribution in [3.05, 3.63) is 60.7 Å². The molecule has 0 fully saturated rings. The normalized spacial score (nSPS) is 10.4. The van der Waals surface area contributed by atoms with Gasteiger partial charge >= 0.3 is 8.26 Å². The first-order valence-electron chi connectivity index (χ1n) is 5.04. The fourth-order valence-corrected chi connectivity index (χ4v) is 3.02. The molecule has 0 saturated heterocycles. The van der Waals surface area contributed by atoms with E-state index in [1.54, 1.807) is 21.6 Å². The molecule has 2 nitrogen and oxygen atoms in total. The minimum absolute atomic E-state index is 1.29. The Hall–Kier alpha value is -0.330. The van der Waals surface area contributed by atoms with Crippen molar-refractivity contribution in [1.82, 2.24) is 0 Å². The number of hydrogen-bond donors (Lipinski definition) is 0. The molecule has 0 amide bonds. The van der Waals surface area contributed by atoms with E-state index < -0.39 is 8.26 Å². The minimum Gasteiger partial charge on any atom is -0.195 e. The summed E-state index contributed by atoms with van der Waals surface area (Å²) in [7, 11) is 8.39. The molecule has 0 bridgehead atoms. The van der Waals surface area contributed by atoms with Crippen molar-refractivity contribution in [2.24, 2.45) is 0 Å². The fraction of sp³-hybridized carbons (Fsp3) is 0. The Morgan fingerprint density at radius 1 is 0.684 bits per heavy atom. The first-order chi connectivity index (χ1) is 8.95. The molecule has 2 aromatic carbocycles. The van der Waals surface area contributed by atoms with E-state index in [0.29, 0.717) is 0 Å². The first kappa shape index (κ1) is 16.7. The van der Waals surface area contributed by atoms with Gasteiger partial charge in [-0.3, -0.25) is 0 Å². The van der Waals surface area contributed by atoms with Gasteiger partial charge in [0.2, 0.25) is 0 Å². The van der Waals surface area contributed by atoms with E-state index in [2.05, 4.69) is 69.9 Å². The van der Waals surface area contributed by atoms with Gasteiger partial charge < -0.3 is 0 Å². The van der Waals surface area contributed by atoms with E-state index in [1.165, 1.54) is 9.79 Å². The Kier molecular flexibility index (Phi) is 7.71. The highest BCUT2D eigenvalue weighted by Gasteiger charge is 1.94. The summed E-state index contributed by atoms with van der Waals surface area (Å²) in [6, 6.07) is 20.8. The number of hydrogen-bond acceptors (Lipinski definition) is 4. The van der Waals surface area contributed by atoms with Gasteiger partial charge in [-0.1, -0.05) is 58.0 Å². The molecule has 0 radical (unpaired) electrons. The summed E-state index contributed by atoms with van der Waals surface area (Å²) in [4.78, 5) is 2.59. The SMILES string of the molecule is O=S(=O)(Cl)Cl.c1ccc(SSc2ccccc2)cc1. The van der Waals surface area contributed by atoms with Gasteiger partial charge in [-0.15, -0.1) is 0 Å². The Morgan fingerprint density at radius 2 is 0.947 bits per heavy atom. The first-order valence-corrected chi connectivity index (χ1v) is 10.3. The van der Waals surface area contributed by atoms with E-state index in [4.69, 9.17) is 8.42 Å². The molecule has 2 rings (SSSR count). The molecule has 0 heterocycles. The standard InChI is InChI=1S/C12H10S2.Cl2O2S/c1-3-7-11(8-4-1)13-14-12-9-5-2-6-10-12;1-5(2,3)4/h1-10H;. The molecular formula is C12H10Cl2O2S3. The van der Waals surface area contributed by atoms with Crippen molar-refractivity contribution in [2.75, 3.05) is 0 Å². The van der Waals surface area contributed by atoms with Crippen LogP contribution < -0.4 is 0 Å². The fourth-order valence-electron chi connectivity index (χ4n) is 1.05. The Morgan fingerprint density at radius 3 is 1.21 bits per heavy atom. The van der Waals surface area contributed by atoms with E-state index in [9.17, 15) is 0 Å². The summed E-state index contributed by atoms with van der Waals surface area (Å²) in [5, 5.41) is 0. The monoisotopic (exact) mass is 352 g/mol. The highest BCUT2D eigenvalue weighted by Crippen LogP contribution is 2.36. The largest absolute Gasteiger partial charge is 0.317 e. The maximum absolute atomic E-state index is 9.16. The molecule has 19 heavy (non-hydrogen) atoms. The van der Waals surface area contributed by atoms with Gasteiger partial charge in [0.05, 0.1) is 0 Å². The number of rotatable bonds is 3. The van der Waals surface area contributed by atoms with Crippen LogP contribution in [-0.4, -0.2) is 8.42 Å². The minimum atomic E-state index is -3.72. The molecule has 0 aliphatic carbocycles. The predicted molar refractivity (Wildman–Crippen MR) is 85.2 cm³/mol. The summed E-state index contributed by atoms with van der Waals surface area (Å²) >= 11 is 0. The molecule has 0 unspecified atom stereocenters. The van der Waals surface area contributed by atoms with Gasteiger partial charge in [-0.2, -0.15) is 8.42 Å². The molecule has 0 aliphatic rings. The van der Waals surface area contributed by atoms with Crippen LogP contribution in [0.2, 0.25) is 0 Å². The van der Waals surface area contributed by atoms with Crippen LogP contribution in [-0.2, 0) is 8.26 Å². The van der Waals surface area contributed by atoms with Crippen molar-refractivity contribution >= 4 is 51.2 Å². The quantitative estimate of drug-likeness (QED) is 0.561. The molecule has 0 atom stereocenters. The van der Waals surface area contributed by atoms with E-state index in [0.717, 1.165) is 0 Å². The highest BCUT2D eigenvalue weighted by molar-refractivity contribution is 8.76. The van der Waals surface area contributed by atoms with Crippen LogP contribution in [0.15, 0.2) is 70.5 Å². The van der Waals surface area contributed by atoms with Crippen molar-refractivity contribution < 1.29 is 8.42 Å². The molecule has 0 N–H and O–H groups in total. The van der Waals surface area contributed by atoms with Crippen molar-refractivity contribution in [3.63, 3.8) is 0 Å². The second-order valence-corrected chi connectivity index (χ2v) is 9.12. The average molecular weight is 353 g/mol. The molecule has 0 aliphatic heterocycles. The van der Waals surface area contributed by atoms with Gasteiger partial charge in [0.15, 0.2) is 0 Å². The highest BCUT2D eigenvalue weighted by atomic mass is 36.0. The molecule has 0 saturated carbocycles. The second kappa shape index (κ2) is 8.76. The van der Waals surface area contributed by atoms with Gasteiger partial charge in [-0.05, 0) is 24.3 Å². The van der Waals surface area contributed by atoms with Crippen LogP contribution >= 0.6 is 43.0 Å². The van der Waals surface area contributed by atoms with Crippen molar-refractivity contribution in [1.29, 1.82) is 0 Å². The lowest BCUT2D eigenvalue weighted by Crippen LogP contribution is -1.67. The Labute approximate surface area is 129 Å². The smallest absolute Gasteiger partial charge is 0.195 e. The van der Waals surface area contributed by atoms with Gasteiger partial charge in [0.1, 0.15) is 0 Å². The zero-order chi connectivity index (χ0) is 14.1. The third kappa shape index (κ3) is 10.2. The van der Waals surface area contributed by atoms with Gasteiger partial charge in [0, 0.05) is 31.2 Å². The van der Waals surface area contributed by atoms with Crippen LogP contribution in [0.4, 0.5) is 0 Å². The average Bonchev–Trinajstić information content (AvgIpc) is 2.37. The van der Waals surface area contributed by atoms with Gasteiger partial charge in [-0.25, -0.2) is 0 Å². The zero-order valence-corrected chi connectivity index (χ0v) is 13.5. The van der Waals surface area contributed by atoms with Crippen LogP contribution in [0.1, 0.15) is 0 Å². The van der Waals surface area contributed by atoms with E-state index >= 15 is 0 Å². The second-order valence-electron chi connectivity index (χ2n) is 3.17. The van der Waals surface area contributed by atoms with Crippen LogP contribution in [0, 0.1) is 0 Å². The lowest BCUT2D eigenvalue weighted by molar-refractivity contribution is 0.621. The molecule has 0 aromatic heterocycles. The molecule has 2 aromatic rings. The van der Waals surface area contributed by atoms with Crippen LogP contribution in [0.5, 0.6) is 0 Å². The maximum atomic E-state index is 9.16. The van der Waals surface area contributed by atoms with Crippen molar-refractivity contribution in [3.8, 4) is 0 Å². The lowest BCUT2D eigenvalue weighted by Gasteiger charge is -1.99. The van der Waals surface area contributed by atoms with E-state index in [1.807, 2.05) is 12.1 Å². The zero-order valence-electron chi connectivity index (χ0n) is 9.57. The third-order valence-corrected chi connectivity index (χ3v) is 4.14. The summed E-state index contributed by atoms with van der Waals surface area (Å²) < 4.78 is 18.3. The Balaban J connectivity index is 0.000000312. The predicted octanol–water partition coefficient (Wildman–Crippen LogP) is 5.19. The topological polar surface area (TPSA) is 34.1 Å². The third-order valence-electron chi connectivity index (χ3n) is 1.72. The Bertz CT molecular complexity index is 527. The molecule has 102 valence electrons. The van der Waals surface area contributed by atoms with E-state index in [-0.39, 0.29) is 0 Å².